The molecule has 0 atom stereocenters. The molecule has 1 aromatic carbocycles. The second-order valence-electron chi connectivity index (χ2n) is 5.74. The van der Waals surface area contributed by atoms with Crippen molar-refractivity contribution < 1.29 is 4.79 Å². The molecule has 0 saturated heterocycles. The molecule has 112 valence electrons. The molecule has 2 N–H and O–H groups in total. The first-order valence-electron chi connectivity index (χ1n) is 7.70. The van der Waals surface area contributed by atoms with Crippen LogP contribution >= 0.6 is 0 Å². The highest BCUT2D eigenvalue weighted by molar-refractivity contribution is 5.96. The van der Waals surface area contributed by atoms with Crippen LogP contribution in [-0.2, 0) is 0 Å². The van der Waals surface area contributed by atoms with Gasteiger partial charge >= 0.3 is 0 Å². The summed E-state index contributed by atoms with van der Waals surface area (Å²) in [6.07, 6.45) is 5.98. The van der Waals surface area contributed by atoms with E-state index in [1.807, 2.05) is 37.1 Å². The number of amides is 1. The van der Waals surface area contributed by atoms with Gasteiger partial charge in [0, 0.05) is 24.2 Å². The van der Waals surface area contributed by atoms with Crippen molar-refractivity contribution >= 4 is 5.91 Å². The van der Waals surface area contributed by atoms with Crippen LogP contribution in [0.2, 0.25) is 0 Å². The first-order valence-corrected chi connectivity index (χ1v) is 7.70. The minimum Gasteiger partial charge on any atom is -0.339 e. The fourth-order valence-electron chi connectivity index (χ4n) is 2.91. The van der Waals surface area contributed by atoms with Crippen molar-refractivity contribution in [3.05, 3.63) is 34.9 Å². The van der Waals surface area contributed by atoms with Crippen molar-refractivity contribution in [1.29, 1.82) is 0 Å². The summed E-state index contributed by atoms with van der Waals surface area (Å²) < 4.78 is 0. The first kappa shape index (κ1) is 15.6. The van der Waals surface area contributed by atoms with E-state index in [2.05, 4.69) is 11.8 Å². The number of benzene rings is 1. The van der Waals surface area contributed by atoms with Gasteiger partial charge in [0.15, 0.2) is 0 Å². The van der Waals surface area contributed by atoms with Gasteiger partial charge in [-0.25, -0.2) is 0 Å². The third-order valence-electron chi connectivity index (χ3n) is 4.25. The molecule has 0 radical (unpaired) electrons. The Morgan fingerprint density at radius 1 is 1.33 bits per heavy atom. The lowest BCUT2D eigenvalue weighted by atomic mass is 9.93. The maximum absolute atomic E-state index is 12.7. The zero-order chi connectivity index (χ0) is 15.2. The maximum atomic E-state index is 12.7. The zero-order valence-corrected chi connectivity index (χ0v) is 13.0. The Labute approximate surface area is 127 Å². The van der Waals surface area contributed by atoms with Crippen LogP contribution in [0.3, 0.4) is 0 Å². The van der Waals surface area contributed by atoms with E-state index in [0.717, 1.165) is 29.5 Å². The van der Waals surface area contributed by atoms with Gasteiger partial charge in [0.05, 0.1) is 6.54 Å². The van der Waals surface area contributed by atoms with E-state index in [1.165, 1.54) is 19.3 Å². The van der Waals surface area contributed by atoms with Gasteiger partial charge in [-0.05, 0) is 37.5 Å². The lowest BCUT2D eigenvalue weighted by Gasteiger charge is -2.31. The average Bonchev–Trinajstić information content (AvgIpc) is 2.53. The molecular formula is C18H24N2O. The first-order chi connectivity index (χ1) is 10.1. The van der Waals surface area contributed by atoms with E-state index in [4.69, 9.17) is 5.73 Å². The molecule has 0 spiro atoms. The molecule has 0 heterocycles. The van der Waals surface area contributed by atoms with E-state index < -0.39 is 0 Å². The number of rotatable bonds is 2. The van der Waals surface area contributed by atoms with Gasteiger partial charge in [-0.2, -0.15) is 0 Å². The molecule has 1 fully saturated rings. The second kappa shape index (κ2) is 7.28. The summed E-state index contributed by atoms with van der Waals surface area (Å²) >= 11 is 0. The molecule has 2 rings (SSSR count). The average molecular weight is 284 g/mol. The summed E-state index contributed by atoms with van der Waals surface area (Å²) in [5.41, 5.74) is 8.01. The predicted molar refractivity (Wildman–Crippen MR) is 86.1 cm³/mol. The van der Waals surface area contributed by atoms with Crippen LogP contribution in [0.1, 0.15) is 53.6 Å². The van der Waals surface area contributed by atoms with Gasteiger partial charge in [0.1, 0.15) is 0 Å². The molecule has 21 heavy (non-hydrogen) atoms. The highest BCUT2D eigenvalue weighted by atomic mass is 16.2. The van der Waals surface area contributed by atoms with Gasteiger partial charge in [-0.1, -0.05) is 37.2 Å². The number of nitrogens with two attached hydrogens (primary N) is 1. The standard InChI is InChI=1S/C18H24N2O/c1-14-10-11-15(7-6-12-19)13-17(14)18(21)20(2)16-8-4-3-5-9-16/h10-11,13,16H,3-5,8-9,12,19H2,1-2H3. The third-order valence-corrected chi connectivity index (χ3v) is 4.25. The normalized spacial score (nSPS) is 15.2. The Morgan fingerprint density at radius 3 is 2.71 bits per heavy atom. The molecule has 3 nitrogen and oxygen atoms in total. The molecule has 1 aliphatic carbocycles. The van der Waals surface area contributed by atoms with Crippen molar-refractivity contribution in [1.82, 2.24) is 4.90 Å². The smallest absolute Gasteiger partial charge is 0.254 e. The monoisotopic (exact) mass is 284 g/mol. The second-order valence-corrected chi connectivity index (χ2v) is 5.74. The summed E-state index contributed by atoms with van der Waals surface area (Å²) in [4.78, 5) is 14.7. The minimum atomic E-state index is 0.107. The van der Waals surface area contributed by atoms with Crippen LogP contribution < -0.4 is 5.73 Å². The Balaban J connectivity index is 2.20. The molecule has 3 heteroatoms. The van der Waals surface area contributed by atoms with Crippen molar-refractivity contribution in [3.63, 3.8) is 0 Å². The molecule has 0 aliphatic heterocycles. The molecule has 1 aliphatic rings. The topological polar surface area (TPSA) is 46.3 Å². The van der Waals surface area contributed by atoms with Crippen LogP contribution in [0.25, 0.3) is 0 Å². The van der Waals surface area contributed by atoms with E-state index in [1.54, 1.807) is 0 Å². The molecule has 1 amide bonds. The van der Waals surface area contributed by atoms with Crippen LogP contribution in [0.4, 0.5) is 0 Å². The van der Waals surface area contributed by atoms with Crippen molar-refractivity contribution in [2.24, 2.45) is 5.73 Å². The summed E-state index contributed by atoms with van der Waals surface area (Å²) in [5, 5.41) is 0. The number of carbonyl (C=O) groups is 1. The molecule has 0 aromatic heterocycles. The minimum absolute atomic E-state index is 0.107. The third kappa shape index (κ3) is 3.86. The fourth-order valence-corrected chi connectivity index (χ4v) is 2.91. The largest absolute Gasteiger partial charge is 0.339 e. The highest BCUT2D eigenvalue weighted by Crippen LogP contribution is 2.23. The SMILES string of the molecule is Cc1ccc(C#CCN)cc1C(=O)N(C)C1CCCCC1. The lowest BCUT2D eigenvalue weighted by molar-refractivity contribution is 0.0695. The van der Waals surface area contributed by atoms with Crippen LogP contribution in [-0.4, -0.2) is 30.4 Å². The Kier molecular flexibility index (Phi) is 5.41. The Morgan fingerprint density at radius 2 is 2.05 bits per heavy atom. The summed E-state index contributed by atoms with van der Waals surface area (Å²) in [6.45, 7) is 2.31. The molecule has 1 saturated carbocycles. The van der Waals surface area contributed by atoms with E-state index in [-0.39, 0.29) is 5.91 Å². The number of carbonyl (C=O) groups excluding carboxylic acids is 1. The van der Waals surface area contributed by atoms with Gasteiger partial charge in [-0.3, -0.25) is 4.79 Å². The Bertz CT molecular complexity index is 562. The van der Waals surface area contributed by atoms with Crippen molar-refractivity contribution in [2.45, 2.75) is 45.1 Å². The molecular weight excluding hydrogens is 260 g/mol. The Hall–Kier alpha value is -1.79. The lowest BCUT2D eigenvalue weighted by Crippen LogP contribution is -2.38. The highest BCUT2D eigenvalue weighted by Gasteiger charge is 2.23. The number of hydrogen-bond donors (Lipinski definition) is 1. The van der Waals surface area contributed by atoms with Crippen LogP contribution in [0, 0.1) is 18.8 Å². The number of hydrogen-bond acceptors (Lipinski definition) is 2. The zero-order valence-electron chi connectivity index (χ0n) is 13.0. The molecule has 0 unspecified atom stereocenters. The maximum Gasteiger partial charge on any atom is 0.254 e. The van der Waals surface area contributed by atoms with E-state index in [9.17, 15) is 4.79 Å². The predicted octanol–water partition coefficient (Wildman–Crippen LogP) is 2.71. The molecule has 0 bridgehead atoms. The van der Waals surface area contributed by atoms with Crippen LogP contribution in [0.15, 0.2) is 18.2 Å². The van der Waals surface area contributed by atoms with E-state index in [0.29, 0.717) is 12.6 Å². The summed E-state index contributed by atoms with van der Waals surface area (Å²) in [5.74, 6) is 5.94. The molecule has 1 aromatic rings. The van der Waals surface area contributed by atoms with Gasteiger partial charge < -0.3 is 10.6 Å². The fraction of sp³-hybridized carbons (Fsp3) is 0.500. The number of nitrogens with zero attached hydrogens (tertiary/aromatic N) is 1. The van der Waals surface area contributed by atoms with Crippen molar-refractivity contribution in [3.8, 4) is 11.8 Å². The summed E-state index contributed by atoms with van der Waals surface area (Å²) in [7, 11) is 1.93. The number of aryl methyl sites for hydroxylation is 1. The van der Waals surface area contributed by atoms with Gasteiger partial charge in [0.2, 0.25) is 0 Å². The van der Waals surface area contributed by atoms with E-state index >= 15 is 0 Å². The summed E-state index contributed by atoms with van der Waals surface area (Å²) in [6, 6.07) is 6.17. The van der Waals surface area contributed by atoms with Gasteiger partial charge in [0.25, 0.3) is 5.91 Å². The quantitative estimate of drug-likeness (QED) is 0.849. The van der Waals surface area contributed by atoms with Gasteiger partial charge in [-0.15, -0.1) is 0 Å². The van der Waals surface area contributed by atoms with Crippen LogP contribution in [0.5, 0.6) is 0 Å². The van der Waals surface area contributed by atoms with Crippen molar-refractivity contribution in [2.75, 3.05) is 13.6 Å².